The molecule has 0 fully saturated rings. The molecule has 1 unspecified atom stereocenters. The fourth-order valence-electron chi connectivity index (χ4n) is 1.83. The third-order valence-electron chi connectivity index (χ3n) is 2.53. The Morgan fingerprint density at radius 3 is 3.17 bits per heavy atom. The van der Waals surface area contributed by atoms with Gasteiger partial charge in [-0.2, -0.15) is 0 Å². The minimum atomic E-state index is 0.316. The Hall–Kier alpha value is -0.0300. The minimum Gasteiger partial charge on any atom is -0.324 e. The van der Waals surface area contributed by atoms with Crippen LogP contribution in [-0.2, 0) is 0 Å². The topological polar surface area (TPSA) is 29.3 Å². The lowest BCUT2D eigenvalue weighted by Crippen LogP contribution is -2.35. The van der Waals surface area contributed by atoms with Crippen molar-refractivity contribution >= 4 is 22.9 Å². The molecule has 66 valence electrons. The standard InChI is InChI=1S/C9H13IN2/c10-12-6-5-8(11)7-3-1-2-4-9(7)12/h2,4,8H,1,3,5-6,11H2. The summed E-state index contributed by atoms with van der Waals surface area (Å²) in [6.45, 7) is 1.09. The quantitative estimate of drug-likeness (QED) is 0.541. The van der Waals surface area contributed by atoms with Gasteiger partial charge in [-0.3, -0.25) is 0 Å². The molecule has 1 heterocycles. The number of halogens is 1. The van der Waals surface area contributed by atoms with Gasteiger partial charge in [-0.05, 0) is 30.9 Å². The molecule has 1 atom stereocenters. The van der Waals surface area contributed by atoms with Crippen molar-refractivity contribution in [2.24, 2.45) is 5.73 Å². The molecule has 0 saturated heterocycles. The maximum Gasteiger partial charge on any atom is 0.0591 e. The highest BCUT2D eigenvalue weighted by Gasteiger charge is 2.23. The van der Waals surface area contributed by atoms with Crippen molar-refractivity contribution in [2.75, 3.05) is 6.54 Å². The number of hydrogen-bond donors (Lipinski definition) is 1. The summed E-state index contributed by atoms with van der Waals surface area (Å²) in [5, 5.41) is 0. The zero-order valence-electron chi connectivity index (χ0n) is 6.96. The average molecular weight is 276 g/mol. The number of nitrogens with zero attached hydrogens (tertiary/aromatic N) is 1. The summed E-state index contributed by atoms with van der Waals surface area (Å²) >= 11 is 2.37. The predicted octanol–water partition coefficient (Wildman–Crippen LogP) is 1.97. The molecule has 0 amide bonds. The van der Waals surface area contributed by atoms with Crippen molar-refractivity contribution in [3.8, 4) is 0 Å². The molecular formula is C9H13IN2. The monoisotopic (exact) mass is 276 g/mol. The molecule has 0 aromatic rings. The van der Waals surface area contributed by atoms with Gasteiger partial charge in [0.25, 0.3) is 0 Å². The van der Waals surface area contributed by atoms with Gasteiger partial charge in [0.1, 0.15) is 0 Å². The molecule has 0 aromatic carbocycles. The first-order valence-electron chi connectivity index (χ1n) is 4.37. The molecule has 12 heavy (non-hydrogen) atoms. The third-order valence-corrected chi connectivity index (χ3v) is 3.53. The van der Waals surface area contributed by atoms with Gasteiger partial charge < -0.3 is 8.85 Å². The van der Waals surface area contributed by atoms with E-state index in [9.17, 15) is 0 Å². The molecule has 0 radical (unpaired) electrons. The summed E-state index contributed by atoms with van der Waals surface area (Å²) < 4.78 is 2.28. The van der Waals surface area contributed by atoms with Crippen molar-refractivity contribution in [2.45, 2.75) is 25.3 Å². The lowest BCUT2D eigenvalue weighted by molar-refractivity contribution is 0.490. The Morgan fingerprint density at radius 1 is 1.58 bits per heavy atom. The highest BCUT2D eigenvalue weighted by Crippen LogP contribution is 2.31. The Labute approximate surface area is 87.0 Å². The van der Waals surface area contributed by atoms with Crippen molar-refractivity contribution < 1.29 is 0 Å². The Kier molecular flexibility index (Phi) is 2.41. The summed E-state index contributed by atoms with van der Waals surface area (Å²) in [6, 6.07) is 0.316. The second kappa shape index (κ2) is 3.38. The van der Waals surface area contributed by atoms with Crippen LogP contribution >= 0.6 is 22.9 Å². The molecule has 2 rings (SSSR count). The van der Waals surface area contributed by atoms with Crippen LogP contribution in [0.4, 0.5) is 0 Å². The van der Waals surface area contributed by atoms with Crippen molar-refractivity contribution in [1.29, 1.82) is 0 Å². The van der Waals surface area contributed by atoms with Crippen LogP contribution in [0.2, 0.25) is 0 Å². The summed E-state index contributed by atoms with van der Waals surface area (Å²) in [5.74, 6) is 0. The number of rotatable bonds is 0. The van der Waals surface area contributed by atoms with Gasteiger partial charge in [0.15, 0.2) is 0 Å². The van der Waals surface area contributed by atoms with Gasteiger partial charge >= 0.3 is 0 Å². The highest BCUT2D eigenvalue weighted by molar-refractivity contribution is 14.1. The summed E-state index contributed by atoms with van der Waals surface area (Å²) in [4.78, 5) is 0. The lowest BCUT2D eigenvalue weighted by Gasteiger charge is -2.32. The molecule has 0 aromatic heterocycles. The van der Waals surface area contributed by atoms with E-state index < -0.39 is 0 Å². The van der Waals surface area contributed by atoms with Crippen LogP contribution in [0.1, 0.15) is 19.3 Å². The minimum absolute atomic E-state index is 0.316. The van der Waals surface area contributed by atoms with E-state index in [0.717, 1.165) is 25.8 Å². The SMILES string of the molecule is NC1CCN(I)C2=C1CCC=C2. The van der Waals surface area contributed by atoms with Crippen molar-refractivity contribution in [3.63, 3.8) is 0 Å². The van der Waals surface area contributed by atoms with E-state index in [1.54, 1.807) is 0 Å². The van der Waals surface area contributed by atoms with Crippen molar-refractivity contribution in [3.05, 3.63) is 23.4 Å². The molecule has 0 spiro atoms. The van der Waals surface area contributed by atoms with Gasteiger partial charge in [-0.25, -0.2) is 0 Å². The second-order valence-corrected chi connectivity index (χ2v) is 4.50. The second-order valence-electron chi connectivity index (χ2n) is 3.33. The van der Waals surface area contributed by atoms with E-state index in [0.29, 0.717) is 6.04 Å². The van der Waals surface area contributed by atoms with Crippen LogP contribution in [0.15, 0.2) is 23.4 Å². The molecular weight excluding hydrogens is 263 g/mol. The first-order chi connectivity index (χ1) is 5.79. The molecule has 2 nitrogen and oxygen atoms in total. The smallest absolute Gasteiger partial charge is 0.0591 e. The normalized spacial score (nSPS) is 29.2. The van der Waals surface area contributed by atoms with Gasteiger partial charge in [-0.15, -0.1) is 0 Å². The maximum atomic E-state index is 6.03. The molecule has 2 N–H and O–H groups in total. The summed E-state index contributed by atoms with van der Waals surface area (Å²) in [6.07, 6.45) is 7.88. The average Bonchev–Trinajstić information content (AvgIpc) is 2.12. The van der Waals surface area contributed by atoms with E-state index >= 15 is 0 Å². The molecule has 3 heteroatoms. The highest BCUT2D eigenvalue weighted by atomic mass is 127. The number of hydrogen-bond acceptors (Lipinski definition) is 2. The Bertz CT molecular complexity index is 245. The number of allylic oxidation sites excluding steroid dienone is 2. The molecule has 2 aliphatic rings. The third kappa shape index (κ3) is 1.40. The van der Waals surface area contributed by atoms with Crippen LogP contribution in [0.5, 0.6) is 0 Å². The van der Waals surface area contributed by atoms with Crippen LogP contribution in [-0.4, -0.2) is 15.7 Å². The van der Waals surface area contributed by atoms with E-state index in [1.807, 2.05) is 0 Å². The molecule has 1 aliphatic heterocycles. The maximum absolute atomic E-state index is 6.03. The van der Waals surface area contributed by atoms with Gasteiger partial charge in [-0.1, -0.05) is 6.08 Å². The van der Waals surface area contributed by atoms with E-state index in [4.69, 9.17) is 5.73 Å². The summed E-state index contributed by atoms with van der Waals surface area (Å²) in [7, 11) is 0. The predicted molar refractivity (Wildman–Crippen MR) is 58.7 cm³/mol. The molecule has 0 saturated carbocycles. The van der Waals surface area contributed by atoms with E-state index in [-0.39, 0.29) is 0 Å². The van der Waals surface area contributed by atoms with E-state index in [1.165, 1.54) is 11.3 Å². The van der Waals surface area contributed by atoms with Gasteiger partial charge in [0.2, 0.25) is 0 Å². The fraction of sp³-hybridized carbons (Fsp3) is 0.556. The van der Waals surface area contributed by atoms with Gasteiger partial charge in [0.05, 0.1) is 22.9 Å². The fourth-order valence-corrected chi connectivity index (χ4v) is 2.58. The van der Waals surface area contributed by atoms with Crippen LogP contribution in [0, 0.1) is 0 Å². The first kappa shape index (κ1) is 8.56. The lowest BCUT2D eigenvalue weighted by atomic mass is 9.91. The van der Waals surface area contributed by atoms with Crippen LogP contribution in [0.25, 0.3) is 0 Å². The largest absolute Gasteiger partial charge is 0.324 e. The Morgan fingerprint density at radius 2 is 2.42 bits per heavy atom. The zero-order chi connectivity index (χ0) is 8.55. The molecule has 0 bridgehead atoms. The van der Waals surface area contributed by atoms with Gasteiger partial charge in [0, 0.05) is 18.3 Å². The van der Waals surface area contributed by atoms with Crippen molar-refractivity contribution in [1.82, 2.24) is 3.11 Å². The first-order valence-corrected chi connectivity index (χ1v) is 5.34. The number of nitrogens with two attached hydrogens (primary N) is 1. The van der Waals surface area contributed by atoms with Crippen LogP contribution < -0.4 is 5.73 Å². The summed E-state index contributed by atoms with van der Waals surface area (Å²) in [5.41, 5.74) is 8.85. The van der Waals surface area contributed by atoms with Crippen LogP contribution in [0.3, 0.4) is 0 Å². The van der Waals surface area contributed by atoms with E-state index in [2.05, 4.69) is 38.1 Å². The Balaban J connectivity index is 2.34. The molecule has 1 aliphatic carbocycles. The zero-order valence-corrected chi connectivity index (χ0v) is 9.12.